The maximum Gasteiger partial charge on any atom is 0.223 e. The Hall–Kier alpha value is -2.37. The van der Waals surface area contributed by atoms with E-state index in [0.29, 0.717) is 32.7 Å². The van der Waals surface area contributed by atoms with Crippen LogP contribution in [0.3, 0.4) is 0 Å². The van der Waals surface area contributed by atoms with Gasteiger partial charge in [0.2, 0.25) is 17.7 Å². The summed E-state index contributed by atoms with van der Waals surface area (Å²) >= 11 is 0. The number of rotatable bonds is 5. The van der Waals surface area contributed by atoms with E-state index in [2.05, 4.69) is 5.32 Å². The van der Waals surface area contributed by atoms with Crippen molar-refractivity contribution < 1.29 is 14.4 Å². The third-order valence-corrected chi connectivity index (χ3v) is 3.98. The fourth-order valence-corrected chi connectivity index (χ4v) is 2.53. The lowest BCUT2D eigenvalue weighted by Gasteiger charge is -2.34. The number of benzene rings is 1. The zero-order valence-electron chi connectivity index (χ0n) is 13.5. The molecule has 3 amide bonds. The Balaban J connectivity index is 1.66. The molecule has 0 aliphatic carbocycles. The molecule has 1 aliphatic rings. The third kappa shape index (κ3) is 5.39. The molecule has 2 rings (SSSR count). The zero-order valence-corrected chi connectivity index (χ0v) is 13.5. The molecule has 1 heterocycles. The Morgan fingerprint density at radius 2 is 1.57 bits per heavy atom. The molecular weight excluding hydrogens is 294 g/mol. The maximum atomic E-state index is 12.1. The van der Waals surface area contributed by atoms with Crippen LogP contribution in [0.15, 0.2) is 30.3 Å². The molecule has 1 N–H and O–H groups in total. The van der Waals surface area contributed by atoms with Crippen LogP contribution in [-0.2, 0) is 20.9 Å². The highest BCUT2D eigenvalue weighted by atomic mass is 16.2. The fourth-order valence-electron chi connectivity index (χ4n) is 2.53. The Labute approximate surface area is 136 Å². The van der Waals surface area contributed by atoms with Gasteiger partial charge in [0.25, 0.3) is 0 Å². The second-order valence-corrected chi connectivity index (χ2v) is 5.65. The van der Waals surface area contributed by atoms with Gasteiger partial charge in [-0.25, -0.2) is 0 Å². The smallest absolute Gasteiger partial charge is 0.223 e. The lowest BCUT2D eigenvalue weighted by atomic mass is 10.2. The predicted octanol–water partition coefficient (Wildman–Crippen LogP) is 0.774. The standard InChI is InChI=1S/C17H23N3O3/c1-14(21)19-9-11-20(12-10-19)17(23)8-7-16(22)18-13-15-5-3-2-4-6-15/h2-6H,7-13H2,1H3,(H,18,22). The topological polar surface area (TPSA) is 69.7 Å². The summed E-state index contributed by atoms with van der Waals surface area (Å²) in [5.41, 5.74) is 1.03. The van der Waals surface area contributed by atoms with E-state index < -0.39 is 0 Å². The van der Waals surface area contributed by atoms with Crippen LogP contribution in [0.25, 0.3) is 0 Å². The van der Waals surface area contributed by atoms with Crippen molar-refractivity contribution >= 4 is 17.7 Å². The van der Waals surface area contributed by atoms with Crippen LogP contribution in [0.2, 0.25) is 0 Å². The Kier molecular flexibility index (Phi) is 6.14. The van der Waals surface area contributed by atoms with Gasteiger partial charge in [-0.15, -0.1) is 0 Å². The fraction of sp³-hybridized carbons (Fsp3) is 0.471. The summed E-state index contributed by atoms with van der Waals surface area (Å²) in [6.45, 7) is 4.25. The molecule has 1 fully saturated rings. The number of amides is 3. The van der Waals surface area contributed by atoms with E-state index in [1.807, 2.05) is 30.3 Å². The number of nitrogens with zero attached hydrogens (tertiary/aromatic N) is 2. The summed E-state index contributed by atoms with van der Waals surface area (Å²) in [5, 5.41) is 2.82. The highest BCUT2D eigenvalue weighted by molar-refractivity contribution is 5.84. The summed E-state index contributed by atoms with van der Waals surface area (Å²) in [6.07, 6.45) is 0.402. The van der Waals surface area contributed by atoms with Gasteiger partial charge in [0, 0.05) is 52.5 Å². The van der Waals surface area contributed by atoms with Crippen LogP contribution in [-0.4, -0.2) is 53.7 Å². The van der Waals surface area contributed by atoms with Crippen molar-refractivity contribution in [3.05, 3.63) is 35.9 Å². The van der Waals surface area contributed by atoms with Gasteiger partial charge in [-0.1, -0.05) is 30.3 Å². The quantitative estimate of drug-likeness (QED) is 0.872. The SMILES string of the molecule is CC(=O)N1CCN(C(=O)CCC(=O)NCc2ccccc2)CC1. The summed E-state index contributed by atoms with van der Waals surface area (Å²) in [6, 6.07) is 9.66. The van der Waals surface area contributed by atoms with Gasteiger partial charge in [0.1, 0.15) is 0 Å². The summed E-state index contributed by atoms with van der Waals surface area (Å²) < 4.78 is 0. The molecule has 0 aromatic heterocycles. The van der Waals surface area contributed by atoms with Crippen LogP contribution in [0.5, 0.6) is 0 Å². The highest BCUT2D eigenvalue weighted by Crippen LogP contribution is 2.06. The minimum absolute atomic E-state index is 0.0249. The van der Waals surface area contributed by atoms with E-state index in [9.17, 15) is 14.4 Å². The third-order valence-electron chi connectivity index (χ3n) is 3.98. The first-order valence-electron chi connectivity index (χ1n) is 7.90. The number of carbonyl (C=O) groups excluding carboxylic acids is 3. The van der Waals surface area contributed by atoms with Gasteiger partial charge in [-0.3, -0.25) is 14.4 Å². The van der Waals surface area contributed by atoms with Gasteiger partial charge in [-0.2, -0.15) is 0 Å². The largest absolute Gasteiger partial charge is 0.352 e. The zero-order chi connectivity index (χ0) is 16.7. The van der Waals surface area contributed by atoms with Crippen molar-refractivity contribution in [3.63, 3.8) is 0 Å². The number of piperazine rings is 1. The van der Waals surface area contributed by atoms with Gasteiger partial charge >= 0.3 is 0 Å². The molecule has 124 valence electrons. The summed E-state index contributed by atoms with van der Waals surface area (Å²) in [5.74, 6) is -0.106. The van der Waals surface area contributed by atoms with Gasteiger partial charge in [-0.05, 0) is 5.56 Å². The second-order valence-electron chi connectivity index (χ2n) is 5.65. The molecule has 0 saturated carbocycles. The van der Waals surface area contributed by atoms with Gasteiger partial charge in [0.15, 0.2) is 0 Å². The van der Waals surface area contributed by atoms with Crippen molar-refractivity contribution in [2.45, 2.75) is 26.3 Å². The Morgan fingerprint density at radius 3 is 2.17 bits per heavy atom. The molecule has 6 heteroatoms. The van der Waals surface area contributed by atoms with Crippen LogP contribution in [0.1, 0.15) is 25.3 Å². The normalized spacial score (nSPS) is 14.5. The first kappa shape index (κ1) is 17.0. The minimum atomic E-state index is -0.121. The van der Waals surface area contributed by atoms with Crippen molar-refractivity contribution in [1.29, 1.82) is 0 Å². The van der Waals surface area contributed by atoms with E-state index in [4.69, 9.17) is 0 Å². The minimum Gasteiger partial charge on any atom is -0.352 e. The number of nitrogens with one attached hydrogen (secondary N) is 1. The average Bonchev–Trinajstić information content (AvgIpc) is 2.58. The number of carbonyl (C=O) groups is 3. The highest BCUT2D eigenvalue weighted by Gasteiger charge is 2.22. The predicted molar refractivity (Wildman–Crippen MR) is 86.4 cm³/mol. The van der Waals surface area contributed by atoms with Gasteiger partial charge < -0.3 is 15.1 Å². The summed E-state index contributed by atoms with van der Waals surface area (Å²) in [7, 11) is 0. The Morgan fingerprint density at radius 1 is 0.957 bits per heavy atom. The van der Waals surface area contributed by atoms with Crippen molar-refractivity contribution in [3.8, 4) is 0 Å². The Bertz CT molecular complexity index is 551. The molecule has 6 nitrogen and oxygen atoms in total. The first-order chi connectivity index (χ1) is 11.1. The molecule has 0 bridgehead atoms. The van der Waals surface area contributed by atoms with E-state index in [0.717, 1.165) is 5.56 Å². The maximum absolute atomic E-state index is 12.1. The van der Waals surface area contributed by atoms with Crippen molar-refractivity contribution in [1.82, 2.24) is 15.1 Å². The van der Waals surface area contributed by atoms with Crippen LogP contribution in [0, 0.1) is 0 Å². The van der Waals surface area contributed by atoms with Crippen LogP contribution < -0.4 is 5.32 Å². The van der Waals surface area contributed by atoms with E-state index >= 15 is 0 Å². The second kappa shape index (κ2) is 8.31. The number of hydrogen-bond donors (Lipinski definition) is 1. The monoisotopic (exact) mass is 317 g/mol. The molecule has 1 aromatic carbocycles. The molecule has 1 aromatic rings. The average molecular weight is 317 g/mol. The molecule has 0 unspecified atom stereocenters. The van der Waals surface area contributed by atoms with Crippen molar-refractivity contribution in [2.75, 3.05) is 26.2 Å². The molecule has 0 spiro atoms. The molecule has 1 saturated heterocycles. The van der Waals surface area contributed by atoms with Gasteiger partial charge in [0.05, 0.1) is 0 Å². The van der Waals surface area contributed by atoms with E-state index in [1.165, 1.54) is 6.92 Å². The molecule has 1 aliphatic heterocycles. The van der Waals surface area contributed by atoms with E-state index in [1.54, 1.807) is 9.80 Å². The molecule has 0 atom stereocenters. The summed E-state index contributed by atoms with van der Waals surface area (Å²) in [4.78, 5) is 38.6. The number of hydrogen-bond acceptors (Lipinski definition) is 3. The lowest BCUT2D eigenvalue weighted by Crippen LogP contribution is -2.50. The van der Waals surface area contributed by atoms with Crippen LogP contribution in [0.4, 0.5) is 0 Å². The molecule has 0 radical (unpaired) electrons. The first-order valence-corrected chi connectivity index (χ1v) is 7.90. The lowest BCUT2D eigenvalue weighted by molar-refractivity contribution is -0.139. The van der Waals surface area contributed by atoms with E-state index in [-0.39, 0.29) is 30.6 Å². The van der Waals surface area contributed by atoms with Crippen LogP contribution >= 0.6 is 0 Å². The molecule has 23 heavy (non-hydrogen) atoms. The molecular formula is C17H23N3O3. The van der Waals surface area contributed by atoms with Crippen molar-refractivity contribution in [2.24, 2.45) is 0 Å².